The molecule has 9 atom stereocenters. The number of hydrogen-bond acceptors (Lipinski definition) is 6. The maximum atomic E-state index is 15.6. The minimum Gasteiger partial charge on any atom is -0.490 e. The van der Waals surface area contributed by atoms with E-state index in [4.69, 9.17) is 21.1 Å². The maximum absolute atomic E-state index is 15.6. The molecule has 4 bridgehead atoms. The van der Waals surface area contributed by atoms with Crippen molar-refractivity contribution in [3.8, 4) is 5.75 Å². The number of fused-ring (bicyclic) bond motifs is 6. The van der Waals surface area contributed by atoms with Crippen molar-refractivity contribution in [3.05, 3.63) is 69.5 Å². The van der Waals surface area contributed by atoms with Crippen molar-refractivity contribution in [2.45, 2.75) is 89.3 Å². The van der Waals surface area contributed by atoms with E-state index in [-0.39, 0.29) is 22.3 Å². The highest BCUT2D eigenvalue weighted by Gasteiger charge is 2.54. The van der Waals surface area contributed by atoms with Crippen LogP contribution in [-0.2, 0) is 16.6 Å². The fraction of sp³-hybridized carbons (Fsp3) is 0.643. The first-order valence-electron chi connectivity index (χ1n) is 19.5. The fourth-order valence-corrected chi connectivity index (χ4v) is 11.0. The molecule has 3 aliphatic carbocycles. The predicted molar refractivity (Wildman–Crippen MR) is 201 cm³/mol. The molecule has 1 spiro atoms. The molecule has 7 nitrogen and oxygen atoms in total. The van der Waals surface area contributed by atoms with Gasteiger partial charge in [-0.3, -0.25) is 9.69 Å². The SMILES string of the molecule is CO[C@@]1(CN2C[C@@H](C)N[C@@H](C)C2)C2=C[C@@H](C2)[C@H](C)[C@@H](C)CNC(=O)c2ccc3c(c2)N(C[C@@H]2CC[C@H]21)C[C@@]1(CCCc2c1ccc(Cl)c2F)CO3. The van der Waals surface area contributed by atoms with Gasteiger partial charge in [-0.25, -0.2) is 4.39 Å². The zero-order chi connectivity index (χ0) is 35.7. The van der Waals surface area contributed by atoms with Crippen molar-refractivity contribution in [2.75, 3.05) is 57.9 Å². The van der Waals surface area contributed by atoms with E-state index in [9.17, 15) is 4.79 Å². The quantitative estimate of drug-likeness (QED) is 0.333. The molecule has 2 aromatic rings. The number of amides is 1. The molecule has 0 aromatic heterocycles. The fourth-order valence-electron chi connectivity index (χ4n) is 10.8. The number of halogens is 2. The van der Waals surface area contributed by atoms with Crippen molar-refractivity contribution in [1.29, 1.82) is 0 Å². The number of nitrogens with one attached hydrogen (secondary N) is 2. The van der Waals surface area contributed by atoms with Gasteiger partial charge in [0.05, 0.1) is 17.3 Å². The summed E-state index contributed by atoms with van der Waals surface area (Å²) in [5.41, 5.74) is 4.05. The third-order valence-corrected chi connectivity index (χ3v) is 14.2. The van der Waals surface area contributed by atoms with Crippen molar-refractivity contribution in [1.82, 2.24) is 15.5 Å². The lowest BCUT2D eigenvalue weighted by atomic mass is 9.57. The molecule has 2 aromatic carbocycles. The van der Waals surface area contributed by atoms with E-state index < -0.39 is 5.41 Å². The van der Waals surface area contributed by atoms with Crippen LogP contribution in [-0.4, -0.2) is 81.5 Å². The van der Waals surface area contributed by atoms with E-state index in [0.717, 1.165) is 80.8 Å². The topological polar surface area (TPSA) is 66.1 Å². The summed E-state index contributed by atoms with van der Waals surface area (Å²) in [6.07, 6.45) is 8.28. The normalized spacial score (nSPS) is 36.8. The number of benzene rings is 2. The Balaban J connectivity index is 1.21. The second kappa shape index (κ2) is 13.6. The third kappa shape index (κ3) is 6.20. The average Bonchev–Trinajstić information content (AvgIpc) is 3.22. The number of allylic oxidation sites excluding steroid dienone is 1. The number of piperazine rings is 1. The maximum Gasteiger partial charge on any atom is 0.251 e. The van der Waals surface area contributed by atoms with E-state index >= 15 is 4.39 Å². The molecule has 1 saturated heterocycles. The Morgan fingerprint density at radius 3 is 2.59 bits per heavy atom. The second-order valence-corrected chi connectivity index (χ2v) is 17.6. The van der Waals surface area contributed by atoms with Crippen LogP contribution in [0, 0.1) is 35.4 Å². The summed E-state index contributed by atoms with van der Waals surface area (Å²) in [5, 5.41) is 7.17. The molecule has 1 saturated carbocycles. The van der Waals surface area contributed by atoms with Crippen LogP contribution in [0.25, 0.3) is 0 Å². The number of anilines is 1. The lowest BCUT2D eigenvalue weighted by Gasteiger charge is -2.56. The van der Waals surface area contributed by atoms with Crippen molar-refractivity contribution < 1.29 is 18.7 Å². The van der Waals surface area contributed by atoms with Crippen LogP contribution in [0.3, 0.4) is 0 Å². The monoisotopic (exact) mass is 718 g/mol. The van der Waals surface area contributed by atoms with Gasteiger partial charge in [-0.05, 0) is 123 Å². The molecule has 0 radical (unpaired) electrons. The summed E-state index contributed by atoms with van der Waals surface area (Å²) in [6.45, 7) is 14.7. The Morgan fingerprint density at radius 1 is 1.08 bits per heavy atom. The van der Waals surface area contributed by atoms with Crippen LogP contribution in [0.15, 0.2) is 42.0 Å². The van der Waals surface area contributed by atoms with Crippen LogP contribution < -0.4 is 20.3 Å². The minimum absolute atomic E-state index is 0.0492. The molecule has 51 heavy (non-hydrogen) atoms. The van der Waals surface area contributed by atoms with Gasteiger partial charge in [0.15, 0.2) is 0 Å². The number of rotatable bonds is 3. The Hall–Kier alpha value is -2.65. The van der Waals surface area contributed by atoms with E-state index in [2.05, 4.69) is 54.2 Å². The molecule has 7 aliphatic rings. The molecule has 2 fully saturated rings. The molecular weight excluding hydrogens is 663 g/mol. The standard InChI is InChI=1S/C42H56ClFN4O3/c1-25-18-45-40(49)29-9-13-38-37(17-29)48(22-41(24-51-38)14-6-7-33-35(41)11-12-36(43)39(33)44)21-30-8-10-34(30)42(50-5,32-15-31(16-32)28(25)4)23-47-19-26(2)46-27(3)20-47/h9,11-13,15,17,25-28,30-31,34,46H,6-8,10,14,16,18-24H2,1-5H3,(H,45,49)/t25-,26-,27+,28+,30-,31-,34+,41-,42-/m0/s1. The van der Waals surface area contributed by atoms with Crippen molar-refractivity contribution >= 4 is 23.2 Å². The lowest BCUT2D eigenvalue weighted by Crippen LogP contribution is -2.63. The molecule has 1 amide bonds. The van der Waals surface area contributed by atoms with Gasteiger partial charge in [-0.1, -0.05) is 37.6 Å². The smallest absolute Gasteiger partial charge is 0.251 e. The van der Waals surface area contributed by atoms with Gasteiger partial charge < -0.3 is 25.0 Å². The minimum atomic E-state index is -0.402. The molecule has 4 heterocycles. The summed E-state index contributed by atoms with van der Waals surface area (Å²) in [6, 6.07) is 10.5. The first-order chi connectivity index (χ1) is 24.5. The molecule has 2 N–H and O–H groups in total. The number of nitrogens with zero attached hydrogens (tertiary/aromatic N) is 2. The van der Waals surface area contributed by atoms with Gasteiger partial charge in [0, 0.05) is 69.4 Å². The Kier molecular flexibility index (Phi) is 9.47. The summed E-state index contributed by atoms with van der Waals surface area (Å²) < 4.78 is 29.2. The third-order valence-electron chi connectivity index (χ3n) is 13.9. The number of carbonyl (C=O) groups excluding carboxylic acids is 1. The molecule has 4 aliphatic heterocycles. The molecular formula is C42H56ClFN4O3. The van der Waals surface area contributed by atoms with Crippen molar-refractivity contribution in [3.63, 3.8) is 0 Å². The summed E-state index contributed by atoms with van der Waals surface area (Å²) >= 11 is 6.33. The number of carbonyl (C=O) groups is 1. The van der Waals surface area contributed by atoms with E-state index in [1.165, 1.54) is 5.57 Å². The first-order valence-corrected chi connectivity index (χ1v) is 19.9. The molecule has 9 rings (SSSR count). The summed E-state index contributed by atoms with van der Waals surface area (Å²) in [4.78, 5) is 18.8. The van der Waals surface area contributed by atoms with Crippen LogP contribution in [0.1, 0.15) is 81.3 Å². The predicted octanol–water partition coefficient (Wildman–Crippen LogP) is 7.01. The second-order valence-electron chi connectivity index (χ2n) is 17.2. The van der Waals surface area contributed by atoms with E-state index in [1.54, 1.807) is 6.07 Å². The highest BCUT2D eigenvalue weighted by Crippen LogP contribution is 2.54. The molecule has 276 valence electrons. The molecule has 0 unspecified atom stereocenters. The first kappa shape index (κ1) is 35.4. The largest absolute Gasteiger partial charge is 0.490 e. The van der Waals surface area contributed by atoms with Crippen molar-refractivity contribution in [2.24, 2.45) is 29.6 Å². The number of hydrogen-bond donors (Lipinski definition) is 2. The van der Waals surface area contributed by atoms with Gasteiger partial charge >= 0.3 is 0 Å². The lowest BCUT2D eigenvalue weighted by molar-refractivity contribution is -0.109. The molecule has 9 heteroatoms. The van der Waals surface area contributed by atoms with E-state index in [1.807, 2.05) is 31.4 Å². The van der Waals surface area contributed by atoms with Gasteiger partial charge in [0.2, 0.25) is 0 Å². The van der Waals surface area contributed by atoms with Crippen LogP contribution in [0.5, 0.6) is 5.75 Å². The zero-order valence-corrected chi connectivity index (χ0v) is 31.8. The highest BCUT2D eigenvalue weighted by atomic mass is 35.5. The summed E-state index contributed by atoms with van der Waals surface area (Å²) in [5.74, 6) is 2.44. The number of ether oxygens (including phenoxy) is 2. The van der Waals surface area contributed by atoms with Gasteiger partial charge in [0.25, 0.3) is 5.91 Å². The zero-order valence-electron chi connectivity index (χ0n) is 31.1. The van der Waals surface area contributed by atoms with Gasteiger partial charge in [0.1, 0.15) is 17.2 Å². The summed E-state index contributed by atoms with van der Waals surface area (Å²) in [7, 11) is 1.95. The van der Waals surface area contributed by atoms with E-state index in [0.29, 0.717) is 73.4 Å². The highest BCUT2D eigenvalue weighted by molar-refractivity contribution is 6.30. The number of methoxy groups -OCH3 is 1. The van der Waals surface area contributed by atoms with Gasteiger partial charge in [-0.15, -0.1) is 0 Å². The van der Waals surface area contributed by atoms with Gasteiger partial charge in [-0.2, -0.15) is 0 Å². The Bertz CT molecular complexity index is 1690. The average molecular weight is 719 g/mol. The Morgan fingerprint density at radius 2 is 1.86 bits per heavy atom. The Labute approximate surface area is 308 Å². The van der Waals surface area contributed by atoms with Crippen LogP contribution >= 0.6 is 11.6 Å². The van der Waals surface area contributed by atoms with Crippen LogP contribution in [0.4, 0.5) is 10.1 Å². The van der Waals surface area contributed by atoms with Crippen LogP contribution in [0.2, 0.25) is 5.02 Å².